The molecule has 0 spiro atoms. The van der Waals surface area contributed by atoms with Crippen molar-refractivity contribution in [2.75, 3.05) is 25.5 Å². The lowest BCUT2D eigenvalue weighted by molar-refractivity contribution is 0.307. The molecule has 1 aromatic rings. The Bertz CT molecular complexity index is 388. The Hall–Kier alpha value is -1.09. The number of pyridine rings is 1. The summed E-state index contributed by atoms with van der Waals surface area (Å²) < 4.78 is 0. The minimum absolute atomic E-state index is 1.00. The highest BCUT2D eigenvalue weighted by molar-refractivity contribution is 5.49. The quantitative estimate of drug-likeness (QED) is 0.776. The number of fused-ring (bicyclic) bond motifs is 2. The van der Waals surface area contributed by atoms with Gasteiger partial charge in [0.1, 0.15) is 5.82 Å². The molecule has 0 aliphatic carbocycles. The molecule has 3 nitrogen and oxygen atoms in total. The second-order valence-corrected chi connectivity index (χ2v) is 4.62. The van der Waals surface area contributed by atoms with Gasteiger partial charge in [-0.1, -0.05) is 33.8 Å². The minimum atomic E-state index is 1.00. The summed E-state index contributed by atoms with van der Waals surface area (Å²) in [5.74, 6) is 1.13. The van der Waals surface area contributed by atoms with Gasteiger partial charge in [-0.3, -0.25) is 0 Å². The van der Waals surface area contributed by atoms with E-state index in [0.717, 1.165) is 25.3 Å². The minimum Gasteiger partial charge on any atom is -0.370 e. The second-order valence-electron chi connectivity index (χ2n) is 4.62. The van der Waals surface area contributed by atoms with Crippen molar-refractivity contribution in [1.29, 1.82) is 0 Å². The lowest BCUT2D eigenvalue weighted by Gasteiger charge is -2.27. The van der Waals surface area contributed by atoms with Gasteiger partial charge in [0.25, 0.3) is 0 Å². The van der Waals surface area contributed by atoms with E-state index in [1.807, 2.05) is 27.7 Å². The summed E-state index contributed by atoms with van der Waals surface area (Å²) in [6.45, 7) is 11.2. The van der Waals surface area contributed by atoms with Crippen LogP contribution in [0, 0.1) is 0 Å². The highest BCUT2D eigenvalue weighted by atomic mass is 15.1. The number of aryl methyl sites for hydroxylation is 1. The molecule has 0 aromatic carbocycles. The van der Waals surface area contributed by atoms with Crippen LogP contribution in [0.4, 0.5) is 5.82 Å². The Morgan fingerprint density at radius 1 is 1.11 bits per heavy atom. The monoisotopic (exact) mass is 263 g/mol. The average molecular weight is 263 g/mol. The first-order valence-corrected chi connectivity index (χ1v) is 7.77. The molecule has 0 radical (unpaired) electrons. The third kappa shape index (κ3) is 3.93. The molecule has 3 heterocycles. The Labute approximate surface area is 118 Å². The smallest absolute Gasteiger partial charge is 0.129 e. The predicted octanol–water partition coefficient (Wildman–Crippen LogP) is 3.48. The fourth-order valence-electron chi connectivity index (χ4n) is 2.47. The van der Waals surface area contributed by atoms with Gasteiger partial charge in [-0.05, 0) is 37.4 Å². The summed E-state index contributed by atoms with van der Waals surface area (Å²) in [4.78, 5) is 7.09. The molecule has 2 aliphatic rings. The first kappa shape index (κ1) is 16.0. The van der Waals surface area contributed by atoms with Crippen LogP contribution in [0.3, 0.4) is 0 Å². The summed E-state index contributed by atoms with van der Waals surface area (Å²) in [7, 11) is 2.16. The van der Waals surface area contributed by atoms with Crippen LogP contribution >= 0.6 is 0 Å². The van der Waals surface area contributed by atoms with Crippen molar-refractivity contribution < 1.29 is 0 Å². The number of hydrogen-bond acceptors (Lipinski definition) is 3. The molecule has 0 fully saturated rings. The van der Waals surface area contributed by atoms with Gasteiger partial charge in [0.05, 0.1) is 5.69 Å². The Kier molecular flexibility index (Phi) is 6.85. The van der Waals surface area contributed by atoms with Crippen LogP contribution in [0.25, 0.3) is 0 Å². The average Bonchev–Trinajstić information content (AvgIpc) is 2.49. The summed E-state index contributed by atoms with van der Waals surface area (Å²) in [5, 5.41) is 3.40. The summed E-state index contributed by atoms with van der Waals surface area (Å²) in [6.07, 6.45) is 3.60. The van der Waals surface area contributed by atoms with Crippen LogP contribution in [0.1, 0.15) is 50.9 Å². The molecule has 0 amide bonds. The highest BCUT2D eigenvalue weighted by Gasteiger charge is 2.18. The zero-order valence-electron chi connectivity index (χ0n) is 13.2. The molecular weight excluding hydrogens is 234 g/mol. The molecule has 3 heteroatoms. The molecule has 0 saturated heterocycles. The van der Waals surface area contributed by atoms with Crippen LogP contribution < -0.4 is 5.32 Å². The molecule has 0 atom stereocenters. The molecule has 1 aromatic heterocycles. The number of likely N-dealkylation sites (N-methyl/N-ethyl adjacent to an activating group) is 1. The predicted molar refractivity (Wildman–Crippen MR) is 83.8 cm³/mol. The van der Waals surface area contributed by atoms with Gasteiger partial charge < -0.3 is 10.2 Å². The van der Waals surface area contributed by atoms with Gasteiger partial charge in [-0.15, -0.1) is 0 Å². The standard InChI is InChI=1S/C12H17N3.2C2H6/c1-15-6-4-9-7-10-3-2-5-13-12(10)14-11(9)8-15;2*1-2/h7H,2-6,8H2,1H3,(H,13,14);2*1-2H3. The van der Waals surface area contributed by atoms with Gasteiger partial charge in [-0.25, -0.2) is 4.98 Å². The molecule has 19 heavy (non-hydrogen) atoms. The van der Waals surface area contributed by atoms with Gasteiger partial charge in [-0.2, -0.15) is 0 Å². The lowest BCUT2D eigenvalue weighted by Crippen LogP contribution is -2.28. The summed E-state index contributed by atoms with van der Waals surface area (Å²) in [6, 6.07) is 2.37. The van der Waals surface area contributed by atoms with Gasteiger partial charge in [0.15, 0.2) is 0 Å². The third-order valence-electron chi connectivity index (χ3n) is 3.37. The van der Waals surface area contributed by atoms with Crippen molar-refractivity contribution in [1.82, 2.24) is 9.88 Å². The molecule has 0 bridgehead atoms. The molecule has 2 aliphatic heterocycles. The van der Waals surface area contributed by atoms with E-state index in [4.69, 9.17) is 4.98 Å². The van der Waals surface area contributed by atoms with E-state index in [0.29, 0.717) is 0 Å². The first-order chi connectivity index (χ1) is 9.33. The zero-order chi connectivity index (χ0) is 14.3. The van der Waals surface area contributed by atoms with Crippen molar-refractivity contribution >= 4 is 5.82 Å². The fraction of sp³-hybridized carbons (Fsp3) is 0.688. The highest BCUT2D eigenvalue weighted by Crippen LogP contribution is 2.25. The van der Waals surface area contributed by atoms with Gasteiger partial charge >= 0.3 is 0 Å². The molecular formula is C16H29N3. The van der Waals surface area contributed by atoms with Crippen LogP contribution in [0.2, 0.25) is 0 Å². The molecule has 0 saturated carbocycles. The molecule has 0 unspecified atom stereocenters. The Morgan fingerprint density at radius 2 is 1.84 bits per heavy atom. The fourth-order valence-corrected chi connectivity index (χ4v) is 2.47. The van der Waals surface area contributed by atoms with Gasteiger partial charge in [0, 0.05) is 19.6 Å². The van der Waals surface area contributed by atoms with E-state index in [-0.39, 0.29) is 0 Å². The van der Waals surface area contributed by atoms with Gasteiger partial charge in [0.2, 0.25) is 0 Å². The molecule has 1 N–H and O–H groups in total. The molecule has 3 rings (SSSR count). The van der Waals surface area contributed by atoms with Crippen molar-refractivity contribution in [3.63, 3.8) is 0 Å². The van der Waals surface area contributed by atoms with E-state index in [1.54, 1.807) is 0 Å². The maximum Gasteiger partial charge on any atom is 0.129 e. The van der Waals surface area contributed by atoms with E-state index in [9.17, 15) is 0 Å². The normalized spacial score (nSPS) is 16.7. The number of anilines is 1. The lowest BCUT2D eigenvalue weighted by atomic mass is 9.99. The van der Waals surface area contributed by atoms with Crippen molar-refractivity contribution in [2.45, 2.75) is 53.5 Å². The largest absolute Gasteiger partial charge is 0.370 e. The van der Waals surface area contributed by atoms with Crippen molar-refractivity contribution in [3.8, 4) is 0 Å². The second kappa shape index (κ2) is 8.16. The van der Waals surface area contributed by atoms with Crippen molar-refractivity contribution in [3.05, 3.63) is 22.9 Å². The Morgan fingerprint density at radius 3 is 2.58 bits per heavy atom. The molecule has 108 valence electrons. The number of nitrogens with zero attached hydrogens (tertiary/aromatic N) is 2. The number of rotatable bonds is 0. The number of nitrogens with one attached hydrogen (secondary N) is 1. The van der Waals surface area contributed by atoms with Crippen molar-refractivity contribution in [2.24, 2.45) is 0 Å². The van der Waals surface area contributed by atoms with Crippen LogP contribution in [0.5, 0.6) is 0 Å². The third-order valence-corrected chi connectivity index (χ3v) is 3.37. The number of hydrogen-bond donors (Lipinski definition) is 1. The van der Waals surface area contributed by atoms with E-state index < -0.39 is 0 Å². The topological polar surface area (TPSA) is 28.2 Å². The first-order valence-electron chi connectivity index (χ1n) is 7.77. The van der Waals surface area contributed by atoms with E-state index in [1.165, 1.54) is 36.2 Å². The van der Waals surface area contributed by atoms with E-state index in [2.05, 4.69) is 23.3 Å². The summed E-state index contributed by atoms with van der Waals surface area (Å²) in [5.41, 5.74) is 4.16. The SMILES string of the molecule is CC.CC.CN1CCc2cc3c(nc2C1)NCCC3. The Balaban J connectivity index is 0.000000415. The number of aromatic nitrogens is 1. The zero-order valence-corrected chi connectivity index (χ0v) is 13.2. The van der Waals surface area contributed by atoms with Crippen LogP contribution in [-0.4, -0.2) is 30.0 Å². The van der Waals surface area contributed by atoms with Crippen LogP contribution in [-0.2, 0) is 19.4 Å². The maximum absolute atomic E-state index is 4.75. The summed E-state index contributed by atoms with van der Waals surface area (Å²) >= 11 is 0. The van der Waals surface area contributed by atoms with E-state index >= 15 is 0 Å². The maximum atomic E-state index is 4.75. The van der Waals surface area contributed by atoms with Crippen LogP contribution in [0.15, 0.2) is 6.07 Å².